The van der Waals surface area contributed by atoms with Gasteiger partial charge in [0.15, 0.2) is 0 Å². The molecule has 1 unspecified atom stereocenters. The first kappa shape index (κ1) is 16.2. The van der Waals surface area contributed by atoms with Crippen LogP contribution in [-0.2, 0) is 0 Å². The van der Waals surface area contributed by atoms with Crippen molar-refractivity contribution in [2.24, 2.45) is 5.92 Å². The topological polar surface area (TPSA) is 20.2 Å². The van der Waals surface area contributed by atoms with E-state index in [9.17, 15) is 0 Å². The molecule has 0 aliphatic rings. The summed E-state index contributed by atoms with van der Waals surface area (Å²) in [6.45, 7) is 11.0. The lowest BCUT2D eigenvalue weighted by molar-refractivity contribution is 0.342. The third-order valence-electron chi connectivity index (χ3n) is 3.20. The van der Waals surface area contributed by atoms with E-state index in [0.717, 1.165) is 17.9 Å². The second-order valence-electron chi connectivity index (χ2n) is 5.19. The Kier molecular flexibility index (Phi) is 8.79. The van der Waals surface area contributed by atoms with Crippen LogP contribution in [0.4, 0.5) is 0 Å². The molecule has 0 heterocycles. The quantitative estimate of drug-likeness (QED) is 0.504. The first-order chi connectivity index (χ1) is 7.97. The van der Waals surface area contributed by atoms with Crippen molar-refractivity contribution in [2.45, 2.75) is 53.9 Å². The number of allylic oxidation sites excluding steroid dienone is 5. The van der Waals surface area contributed by atoms with Crippen LogP contribution in [0.2, 0.25) is 0 Å². The van der Waals surface area contributed by atoms with Crippen molar-refractivity contribution in [3.63, 3.8) is 0 Å². The van der Waals surface area contributed by atoms with Gasteiger partial charge in [-0.1, -0.05) is 41.9 Å². The predicted molar refractivity (Wildman–Crippen MR) is 77.0 cm³/mol. The van der Waals surface area contributed by atoms with Crippen LogP contribution in [0.3, 0.4) is 0 Å². The van der Waals surface area contributed by atoms with Crippen LogP contribution in [-0.4, -0.2) is 11.7 Å². The standard InChI is InChI=1S/C16H28O/c1-13(2)16(5)10-9-14(3)7-6-8-15(4)11-12-17/h6,8,11,14,17H,7,9-10,12H2,1-5H3/b8-6+,15-11+. The summed E-state index contributed by atoms with van der Waals surface area (Å²) in [5.74, 6) is 0.725. The van der Waals surface area contributed by atoms with E-state index in [-0.39, 0.29) is 6.61 Å². The van der Waals surface area contributed by atoms with E-state index in [1.54, 1.807) is 0 Å². The van der Waals surface area contributed by atoms with Gasteiger partial charge in [0.05, 0.1) is 6.61 Å². The van der Waals surface area contributed by atoms with Crippen molar-refractivity contribution in [1.82, 2.24) is 0 Å². The monoisotopic (exact) mass is 236 g/mol. The molecule has 17 heavy (non-hydrogen) atoms. The summed E-state index contributed by atoms with van der Waals surface area (Å²) in [6, 6.07) is 0. The molecule has 1 heteroatoms. The third kappa shape index (κ3) is 8.93. The van der Waals surface area contributed by atoms with Crippen LogP contribution in [0.1, 0.15) is 53.9 Å². The van der Waals surface area contributed by atoms with Gasteiger partial charge in [-0.25, -0.2) is 0 Å². The van der Waals surface area contributed by atoms with Crippen molar-refractivity contribution >= 4 is 0 Å². The summed E-state index contributed by atoms with van der Waals surface area (Å²) in [7, 11) is 0. The fourth-order valence-electron chi connectivity index (χ4n) is 1.53. The Balaban J connectivity index is 3.92. The van der Waals surface area contributed by atoms with E-state index < -0.39 is 0 Å². The molecule has 0 rings (SSSR count). The summed E-state index contributed by atoms with van der Waals surface area (Å²) in [5, 5.41) is 8.73. The van der Waals surface area contributed by atoms with E-state index in [1.807, 2.05) is 13.0 Å². The zero-order chi connectivity index (χ0) is 13.3. The largest absolute Gasteiger partial charge is 0.392 e. The summed E-state index contributed by atoms with van der Waals surface area (Å²) in [5.41, 5.74) is 4.12. The zero-order valence-electron chi connectivity index (χ0n) is 12.1. The van der Waals surface area contributed by atoms with Crippen LogP contribution in [0.5, 0.6) is 0 Å². The molecule has 0 amide bonds. The molecule has 1 N–H and O–H groups in total. The summed E-state index contributed by atoms with van der Waals surface area (Å²) >= 11 is 0. The average Bonchev–Trinajstić information content (AvgIpc) is 2.26. The van der Waals surface area contributed by atoms with Gasteiger partial charge in [-0.15, -0.1) is 0 Å². The number of aliphatic hydroxyl groups is 1. The Morgan fingerprint density at radius 2 is 1.82 bits per heavy atom. The highest BCUT2D eigenvalue weighted by Crippen LogP contribution is 2.17. The SMILES string of the molecule is CC(C)=C(C)CCC(C)C/C=C/C(C)=C/CO. The lowest BCUT2D eigenvalue weighted by Crippen LogP contribution is -1.94. The summed E-state index contributed by atoms with van der Waals surface area (Å²) < 4.78 is 0. The lowest BCUT2D eigenvalue weighted by Gasteiger charge is -2.09. The molecule has 1 nitrogen and oxygen atoms in total. The van der Waals surface area contributed by atoms with Gasteiger partial charge >= 0.3 is 0 Å². The minimum Gasteiger partial charge on any atom is -0.392 e. The van der Waals surface area contributed by atoms with E-state index in [0.29, 0.717) is 0 Å². The van der Waals surface area contributed by atoms with Gasteiger partial charge in [0.2, 0.25) is 0 Å². The zero-order valence-corrected chi connectivity index (χ0v) is 12.1. The fourth-order valence-corrected chi connectivity index (χ4v) is 1.53. The number of hydrogen-bond acceptors (Lipinski definition) is 1. The van der Waals surface area contributed by atoms with Gasteiger partial charge in [0.25, 0.3) is 0 Å². The van der Waals surface area contributed by atoms with E-state index in [2.05, 4.69) is 39.8 Å². The number of aliphatic hydroxyl groups excluding tert-OH is 1. The molecule has 0 aromatic heterocycles. The number of rotatable bonds is 7. The summed E-state index contributed by atoms with van der Waals surface area (Å²) in [4.78, 5) is 0. The maximum absolute atomic E-state index is 8.73. The third-order valence-corrected chi connectivity index (χ3v) is 3.20. The molecule has 0 aliphatic carbocycles. The highest BCUT2D eigenvalue weighted by Gasteiger charge is 2.01. The molecule has 1 atom stereocenters. The normalized spacial score (nSPS) is 14.1. The molecule has 98 valence electrons. The molecule has 0 saturated carbocycles. The van der Waals surface area contributed by atoms with Gasteiger partial charge in [-0.05, 0) is 52.9 Å². The van der Waals surface area contributed by atoms with Crippen LogP contribution in [0, 0.1) is 5.92 Å². The molecule has 0 bridgehead atoms. The molecule has 0 aliphatic heterocycles. The molecular formula is C16H28O. The van der Waals surface area contributed by atoms with Crippen LogP contribution in [0.15, 0.2) is 34.9 Å². The van der Waals surface area contributed by atoms with Gasteiger partial charge in [-0.2, -0.15) is 0 Å². The van der Waals surface area contributed by atoms with E-state index >= 15 is 0 Å². The predicted octanol–water partition coefficient (Wildman–Crippen LogP) is 4.64. The molecule has 0 saturated heterocycles. The first-order valence-corrected chi connectivity index (χ1v) is 6.54. The van der Waals surface area contributed by atoms with Crippen molar-refractivity contribution < 1.29 is 5.11 Å². The maximum Gasteiger partial charge on any atom is 0.0617 e. The van der Waals surface area contributed by atoms with Crippen molar-refractivity contribution in [3.8, 4) is 0 Å². The maximum atomic E-state index is 8.73. The van der Waals surface area contributed by atoms with Crippen LogP contribution >= 0.6 is 0 Å². The molecule has 0 spiro atoms. The second-order valence-corrected chi connectivity index (χ2v) is 5.19. The molecule has 0 aromatic rings. The smallest absolute Gasteiger partial charge is 0.0617 e. The van der Waals surface area contributed by atoms with Crippen molar-refractivity contribution in [1.29, 1.82) is 0 Å². The summed E-state index contributed by atoms with van der Waals surface area (Å²) in [6.07, 6.45) is 9.72. The Labute approximate surface area is 107 Å². The Bertz CT molecular complexity index is 291. The minimum absolute atomic E-state index is 0.130. The van der Waals surface area contributed by atoms with E-state index in [4.69, 9.17) is 5.11 Å². The van der Waals surface area contributed by atoms with Gasteiger partial charge in [-0.3, -0.25) is 0 Å². The number of hydrogen-bond donors (Lipinski definition) is 1. The van der Waals surface area contributed by atoms with Crippen LogP contribution < -0.4 is 0 Å². The van der Waals surface area contributed by atoms with Gasteiger partial charge < -0.3 is 5.11 Å². The Hall–Kier alpha value is -0.820. The molecular weight excluding hydrogens is 208 g/mol. The Morgan fingerprint density at radius 1 is 1.18 bits per heavy atom. The molecule has 0 aromatic carbocycles. The fraction of sp³-hybridized carbons (Fsp3) is 0.625. The van der Waals surface area contributed by atoms with Crippen molar-refractivity contribution in [2.75, 3.05) is 6.61 Å². The average molecular weight is 236 g/mol. The first-order valence-electron chi connectivity index (χ1n) is 6.54. The van der Waals surface area contributed by atoms with E-state index in [1.165, 1.54) is 24.0 Å². The Morgan fingerprint density at radius 3 is 2.35 bits per heavy atom. The molecule has 0 radical (unpaired) electrons. The highest BCUT2D eigenvalue weighted by molar-refractivity contribution is 5.15. The van der Waals surface area contributed by atoms with Gasteiger partial charge in [0.1, 0.15) is 0 Å². The highest BCUT2D eigenvalue weighted by atomic mass is 16.2. The minimum atomic E-state index is 0.130. The van der Waals surface area contributed by atoms with Crippen molar-refractivity contribution in [3.05, 3.63) is 34.9 Å². The van der Waals surface area contributed by atoms with Gasteiger partial charge in [0, 0.05) is 0 Å². The van der Waals surface area contributed by atoms with Crippen LogP contribution in [0.25, 0.3) is 0 Å². The molecule has 0 fully saturated rings. The lowest BCUT2D eigenvalue weighted by atomic mass is 9.97. The second kappa shape index (κ2) is 9.23.